The Kier molecular flexibility index (Phi) is 5.96. The summed E-state index contributed by atoms with van der Waals surface area (Å²) >= 11 is 12.3. The van der Waals surface area contributed by atoms with Crippen LogP contribution in [-0.4, -0.2) is 24.0 Å². The molecule has 1 aliphatic heterocycles. The zero-order valence-corrected chi connectivity index (χ0v) is 13.7. The van der Waals surface area contributed by atoms with Gasteiger partial charge in [-0.2, -0.15) is 0 Å². The normalized spacial score (nSPS) is 22.9. The van der Waals surface area contributed by atoms with Crippen molar-refractivity contribution < 1.29 is 0 Å². The van der Waals surface area contributed by atoms with Crippen LogP contribution >= 0.6 is 35.6 Å². The molecule has 1 fully saturated rings. The van der Waals surface area contributed by atoms with Crippen molar-refractivity contribution in [2.45, 2.75) is 32.9 Å². The van der Waals surface area contributed by atoms with Crippen molar-refractivity contribution in [3.8, 4) is 0 Å². The summed E-state index contributed by atoms with van der Waals surface area (Å²) in [6.45, 7) is 7.31. The van der Waals surface area contributed by atoms with Gasteiger partial charge in [0.15, 0.2) is 0 Å². The summed E-state index contributed by atoms with van der Waals surface area (Å²) in [7, 11) is 0. The molecule has 0 aromatic heterocycles. The second-order valence-electron chi connectivity index (χ2n) is 5.81. The molecule has 2 rings (SSSR count). The molecule has 2 nitrogen and oxygen atoms in total. The number of hydrogen-bond acceptors (Lipinski definition) is 2. The lowest BCUT2D eigenvalue weighted by Crippen LogP contribution is -2.52. The maximum absolute atomic E-state index is 6.23. The SMILES string of the molecule is CC1(C)CN(Cc2cccc(Cl)c2Cl)CCC1N.Cl. The van der Waals surface area contributed by atoms with Crippen LogP contribution in [-0.2, 0) is 6.54 Å². The van der Waals surface area contributed by atoms with Gasteiger partial charge in [0.25, 0.3) is 0 Å². The lowest BCUT2D eigenvalue weighted by atomic mass is 9.79. The maximum Gasteiger partial charge on any atom is 0.0637 e. The van der Waals surface area contributed by atoms with Gasteiger partial charge in [0.1, 0.15) is 0 Å². The van der Waals surface area contributed by atoms with Crippen LogP contribution in [0.2, 0.25) is 10.0 Å². The van der Waals surface area contributed by atoms with Crippen LogP contribution in [0, 0.1) is 5.41 Å². The van der Waals surface area contributed by atoms with Crippen molar-refractivity contribution in [1.29, 1.82) is 0 Å². The third-order valence-corrected chi connectivity index (χ3v) is 4.67. The molecule has 0 aliphatic carbocycles. The Morgan fingerprint density at radius 2 is 2.05 bits per heavy atom. The molecule has 1 unspecified atom stereocenters. The fraction of sp³-hybridized carbons (Fsp3) is 0.571. The third kappa shape index (κ3) is 3.99. The van der Waals surface area contributed by atoms with Crippen molar-refractivity contribution in [3.05, 3.63) is 33.8 Å². The number of halogens is 3. The van der Waals surface area contributed by atoms with E-state index in [2.05, 4.69) is 18.7 Å². The van der Waals surface area contributed by atoms with Crippen LogP contribution in [0.25, 0.3) is 0 Å². The predicted octanol–water partition coefficient (Wildman–Crippen LogP) is 3.97. The zero-order valence-electron chi connectivity index (χ0n) is 11.3. The standard InChI is InChI=1S/C14H20Cl2N2.ClH/c1-14(2)9-18(7-6-12(14)17)8-10-4-3-5-11(15)13(10)16;/h3-5,12H,6-9,17H2,1-2H3;1H. The number of likely N-dealkylation sites (tertiary alicyclic amines) is 1. The van der Waals surface area contributed by atoms with E-state index in [1.54, 1.807) is 0 Å². The fourth-order valence-corrected chi connectivity index (χ4v) is 2.91. The van der Waals surface area contributed by atoms with Gasteiger partial charge in [-0.25, -0.2) is 0 Å². The van der Waals surface area contributed by atoms with E-state index in [0.717, 1.165) is 31.6 Å². The fourth-order valence-electron chi connectivity index (χ4n) is 2.53. The molecular formula is C14H21Cl3N2. The van der Waals surface area contributed by atoms with Crippen LogP contribution < -0.4 is 5.73 Å². The summed E-state index contributed by atoms with van der Waals surface area (Å²) in [6, 6.07) is 6.09. The molecule has 1 saturated heterocycles. The molecule has 0 bridgehead atoms. The minimum absolute atomic E-state index is 0. The van der Waals surface area contributed by atoms with Gasteiger partial charge >= 0.3 is 0 Å². The van der Waals surface area contributed by atoms with E-state index in [0.29, 0.717) is 10.0 Å². The first-order valence-electron chi connectivity index (χ1n) is 6.31. The lowest BCUT2D eigenvalue weighted by molar-refractivity contribution is 0.0899. The van der Waals surface area contributed by atoms with Crippen molar-refractivity contribution in [2.75, 3.05) is 13.1 Å². The van der Waals surface area contributed by atoms with Gasteiger partial charge in [-0.1, -0.05) is 49.2 Å². The van der Waals surface area contributed by atoms with E-state index in [4.69, 9.17) is 28.9 Å². The molecule has 1 aromatic rings. The van der Waals surface area contributed by atoms with Gasteiger partial charge < -0.3 is 5.73 Å². The van der Waals surface area contributed by atoms with Gasteiger partial charge in [0.2, 0.25) is 0 Å². The summed E-state index contributed by atoms with van der Waals surface area (Å²) in [4.78, 5) is 2.40. The second kappa shape index (κ2) is 6.64. The number of hydrogen-bond donors (Lipinski definition) is 1. The Balaban J connectivity index is 0.00000180. The first-order chi connectivity index (χ1) is 8.40. The van der Waals surface area contributed by atoms with Gasteiger partial charge in [0.05, 0.1) is 10.0 Å². The number of benzene rings is 1. The lowest BCUT2D eigenvalue weighted by Gasteiger charge is -2.42. The van der Waals surface area contributed by atoms with Crippen molar-refractivity contribution in [2.24, 2.45) is 11.1 Å². The largest absolute Gasteiger partial charge is 0.327 e. The average Bonchev–Trinajstić information content (AvgIpc) is 2.29. The van der Waals surface area contributed by atoms with Crippen LogP contribution in [0.5, 0.6) is 0 Å². The summed E-state index contributed by atoms with van der Waals surface area (Å²) in [6.07, 6.45) is 1.03. The predicted molar refractivity (Wildman–Crippen MR) is 85.4 cm³/mol. The van der Waals surface area contributed by atoms with Crippen LogP contribution in [0.4, 0.5) is 0 Å². The highest BCUT2D eigenvalue weighted by Gasteiger charge is 2.33. The summed E-state index contributed by atoms with van der Waals surface area (Å²) in [5.74, 6) is 0. The monoisotopic (exact) mass is 322 g/mol. The van der Waals surface area contributed by atoms with E-state index in [9.17, 15) is 0 Å². The molecule has 19 heavy (non-hydrogen) atoms. The van der Waals surface area contributed by atoms with E-state index in [-0.39, 0.29) is 23.9 Å². The zero-order chi connectivity index (χ0) is 13.3. The maximum atomic E-state index is 6.23. The van der Waals surface area contributed by atoms with Gasteiger partial charge in [-0.05, 0) is 23.5 Å². The molecule has 0 radical (unpaired) electrons. The van der Waals surface area contributed by atoms with Crippen molar-refractivity contribution in [1.82, 2.24) is 4.90 Å². The second-order valence-corrected chi connectivity index (χ2v) is 6.59. The van der Waals surface area contributed by atoms with Crippen LogP contribution in [0.3, 0.4) is 0 Å². The van der Waals surface area contributed by atoms with Crippen molar-refractivity contribution >= 4 is 35.6 Å². The quantitative estimate of drug-likeness (QED) is 0.892. The molecule has 1 aromatic carbocycles. The van der Waals surface area contributed by atoms with Crippen LogP contribution in [0.15, 0.2) is 18.2 Å². The summed E-state index contributed by atoms with van der Waals surface area (Å²) in [5.41, 5.74) is 7.40. The molecule has 1 heterocycles. The molecule has 5 heteroatoms. The van der Waals surface area contributed by atoms with Gasteiger partial charge in [0, 0.05) is 25.7 Å². The molecule has 2 N–H and O–H groups in total. The summed E-state index contributed by atoms with van der Waals surface area (Å²) < 4.78 is 0. The number of nitrogens with zero attached hydrogens (tertiary/aromatic N) is 1. The van der Waals surface area contributed by atoms with E-state index in [1.807, 2.05) is 18.2 Å². The number of piperidine rings is 1. The molecule has 0 spiro atoms. The Morgan fingerprint density at radius 1 is 1.37 bits per heavy atom. The van der Waals surface area contributed by atoms with Gasteiger partial charge in [-0.3, -0.25) is 4.90 Å². The molecule has 0 amide bonds. The van der Waals surface area contributed by atoms with Crippen molar-refractivity contribution in [3.63, 3.8) is 0 Å². The number of nitrogens with two attached hydrogens (primary N) is 1. The molecule has 0 saturated carbocycles. The first kappa shape index (κ1) is 17.1. The van der Waals surface area contributed by atoms with E-state index < -0.39 is 0 Å². The molecule has 1 atom stereocenters. The average molecular weight is 324 g/mol. The van der Waals surface area contributed by atoms with E-state index in [1.165, 1.54) is 0 Å². The highest BCUT2D eigenvalue weighted by molar-refractivity contribution is 6.42. The van der Waals surface area contributed by atoms with Gasteiger partial charge in [-0.15, -0.1) is 12.4 Å². The first-order valence-corrected chi connectivity index (χ1v) is 7.06. The Hall–Kier alpha value is 0.01000. The molecular weight excluding hydrogens is 303 g/mol. The Labute approximate surface area is 131 Å². The minimum Gasteiger partial charge on any atom is -0.327 e. The Morgan fingerprint density at radius 3 is 2.68 bits per heavy atom. The highest BCUT2D eigenvalue weighted by Crippen LogP contribution is 2.31. The third-order valence-electron chi connectivity index (χ3n) is 3.82. The minimum atomic E-state index is 0. The topological polar surface area (TPSA) is 29.3 Å². The smallest absolute Gasteiger partial charge is 0.0637 e. The molecule has 108 valence electrons. The number of rotatable bonds is 2. The Bertz CT molecular complexity index is 435. The van der Waals surface area contributed by atoms with E-state index >= 15 is 0 Å². The molecule has 1 aliphatic rings. The van der Waals surface area contributed by atoms with Crippen LogP contribution in [0.1, 0.15) is 25.8 Å². The highest BCUT2D eigenvalue weighted by atomic mass is 35.5. The summed E-state index contributed by atoms with van der Waals surface area (Å²) in [5, 5.41) is 1.30.